The lowest BCUT2D eigenvalue weighted by molar-refractivity contribution is 0.658. The quantitative estimate of drug-likeness (QED) is 0.184. The number of furan rings is 1. The summed E-state index contributed by atoms with van der Waals surface area (Å²) in [5.41, 5.74) is 12.1. The smallest absolute Gasteiger partial charge is 0.136 e. The maximum atomic E-state index is 6.51. The topological polar surface area (TPSA) is 13.1 Å². The first-order chi connectivity index (χ1) is 22.6. The Bertz CT molecular complexity index is 2650. The highest BCUT2D eigenvalue weighted by molar-refractivity contribution is 6.22. The van der Waals surface area contributed by atoms with Gasteiger partial charge in [-0.1, -0.05) is 135 Å². The van der Waals surface area contributed by atoms with Gasteiger partial charge in [0.15, 0.2) is 0 Å². The van der Waals surface area contributed by atoms with Crippen molar-refractivity contribution in [2.75, 3.05) is 0 Å². The molecule has 0 amide bonds. The summed E-state index contributed by atoms with van der Waals surface area (Å²) in [5.74, 6) is 0. The first kappa shape index (κ1) is 25.6. The molecule has 0 radical (unpaired) electrons. The van der Waals surface area contributed by atoms with E-state index in [1.807, 2.05) is 0 Å². The lowest BCUT2D eigenvalue weighted by Gasteiger charge is -2.23. The maximum absolute atomic E-state index is 6.51. The molecule has 0 aliphatic heterocycles. The van der Waals surface area contributed by atoms with Gasteiger partial charge in [0.25, 0.3) is 0 Å². The first-order valence-corrected chi connectivity index (χ1v) is 16.1. The van der Waals surface area contributed by atoms with Gasteiger partial charge in [-0.15, -0.1) is 0 Å². The minimum Gasteiger partial charge on any atom is -0.456 e. The van der Waals surface area contributed by atoms with Crippen molar-refractivity contribution in [3.8, 4) is 33.4 Å². The minimum absolute atomic E-state index is 0.168. The second-order valence-electron chi connectivity index (χ2n) is 13.2. The first-order valence-electron chi connectivity index (χ1n) is 16.1. The van der Waals surface area contributed by atoms with Crippen LogP contribution in [0, 0.1) is 0 Å². The molecule has 0 fully saturated rings. The second kappa shape index (κ2) is 9.19. The van der Waals surface area contributed by atoms with E-state index in [0.717, 1.165) is 11.2 Å². The molecule has 1 aliphatic carbocycles. The highest BCUT2D eigenvalue weighted by atomic mass is 16.3. The van der Waals surface area contributed by atoms with Crippen molar-refractivity contribution >= 4 is 54.3 Å². The van der Waals surface area contributed by atoms with Crippen molar-refractivity contribution in [1.29, 1.82) is 0 Å². The van der Waals surface area contributed by atoms with Crippen LogP contribution in [0.4, 0.5) is 0 Å². The van der Waals surface area contributed by atoms with Gasteiger partial charge in [0.1, 0.15) is 11.2 Å². The number of hydrogen-bond acceptors (Lipinski definition) is 1. The van der Waals surface area contributed by atoms with Gasteiger partial charge in [0.05, 0.1) is 0 Å². The minimum atomic E-state index is -0.168. The normalized spacial score (nSPS) is 13.6. The predicted octanol–water partition coefficient (Wildman–Crippen LogP) is 12.7. The summed E-state index contributed by atoms with van der Waals surface area (Å²) in [6, 6.07) is 53.4. The molecular weight excluding hydrogens is 556 g/mol. The van der Waals surface area contributed by atoms with Crippen LogP contribution in [0.2, 0.25) is 0 Å². The standard InChI is InChI=1S/C45H30O/c1-45(2)38-24-29(43-34-18-10-8-16-32(34)42(28-13-4-3-5-14-28)33-17-9-11-19-35(33)43)20-22-31(38)36-26-41-37(25-39(36)45)44-30-15-7-6-12-27(30)21-23-40(44)46-41/h3-26H,1-2H3. The Morgan fingerprint density at radius 2 is 1.00 bits per heavy atom. The molecule has 0 atom stereocenters. The van der Waals surface area contributed by atoms with E-state index in [0.29, 0.717) is 0 Å². The van der Waals surface area contributed by atoms with Crippen LogP contribution in [-0.2, 0) is 5.41 Å². The molecule has 0 unspecified atom stereocenters. The van der Waals surface area contributed by atoms with Gasteiger partial charge in [0.2, 0.25) is 0 Å². The zero-order valence-electron chi connectivity index (χ0n) is 25.8. The Morgan fingerprint density at radius 3 is 1.70 bits per heavy atom. The largest absolute Gasteiger partial charge is 0.456 e. The Labute approximate surface area is 267 Å². The third kappa shape index (κ3) is 3.40. The molecule has 1 aromatic heterocycles. The Hall–Kier alpha value is -5.66. The van der Waals surface area contributed by atoms with Crippen LogP contribution >= 0.6 is 0 Å². The van der Waals surface area contributed by atoms with E-state index < -0.39 is 0 Å². The van der Waals surface area contributed by atoms with E-state index in [9.17, 15) is 0 Å². The molecular formula is C45H30O. The van der Waals surface area contributed by atoms with E-state index in [2.05, 4.69) is 159 Å². The lowest BCUT2D eigenvalue weighted by atomic mass is 9.80. The zero-order valence-corrected chi connectivity index (χ0v) is 25.8. The van der Waals surface area contributed by atoms with E-state index in [-0.39, 0.29) is 5.41 Å². The monoisotopic (exact) mass is 586 g/mol. The molecule has 0 saturated carbocycles. The zero-order chi connectivity index (χ0) is 30.6. The van der Waals surface area contributed by atoms with Crippen LogP contribution in [0.3, 0.4) is 0 Å². The van der Waals surface area contributed by atoms with Crippen molar-refractivity contribution in [3.05, 3.63) is 157 Å². The van der Waals surface area contributed by atoms with Gasteiger partial charge in [-0.25, -0.2) is 0 Å². The lowest BCUT2D eigenvalue weighted by Crippen LogP contribution is -2.15. The summed E-state index contributed by atoms with van der Waals surface area (Å²) in [6.07, 6.45) is 0. The molecule has 0 saturated heterocycles. The van der Waals surface area contributed by atoms with Crippen LogP contribution in [0.1, 0.15) is 25.0 Å². The molecule has 10 rings (SSSR count). The fourth-order valence-electron chi connectivity index (χ4n) is 8.28. The summed E-state index contributed by atoms with van der Waals surface area (Å²) in [5, 5.41) is 10.0. The number of fused-ring (bicyclic) bond motifs is 10. The third-order valence-corrected chi connectivity index (χ3v) is 10.4. The Morgan fingerprint density at radius 1 is 0.413 bits per heavy atom. The van der Waals surface area contributed by atoms with Crippen molar-refractivity contribution < 1.29 is 4.42 Å². The molecule has 1 aliphatic rings. The molecule has 1 heteroatoms. The molecule has 0 N–H and O–H groups in total. The van der Waals surface area contributed by atoms with Crippen molar-refractivity contribution in [2.24, 2.45) is 0 Å². The van der Waals surface area contributed by atoms with Crippen LogP contribution in [0.5, 0.6) is 0 Å². The average molecular weight is 587 g/mol. The van der Waals surface area contributed by atoms with Gasteiger partial charge in [0, 0.05) is 16.2 Å². The fraction of sp³-hybridized carbons (Fsp3) is 0.0667. The predicted molar refractivity (Wildman–Crippen MR) is 195 cm³/mol. The van der Waals surface area contributed by atoms with E-state index in [4.69, 9.17) is 4.42 Å². The Kier molecular flexibility index (Phi) is 5.12. The van der Waals surface area contributed by atoms with Gasteiger partial charge < -0.3 is 4.42 Å². The summed E-state index contributed by atoms with van der Waals surface area (Å²) in [7, 11) is 0. The van der Waals surface area contributed by atoms with Crippen molar-refractivity contribution in [3.63, 3.8) is 0 Å². The summed E-state index contributed by atoms with van der Waals surface area (Å²) < 4.78 is 6.51. The molecule has 1 nitrogen and oxygen atoms in total. The van der Waals surface area contributed by atoms with Gasteiger partial charge in [-0.05, 0) is 101 Å². The molecule has 0 spiro atoms. The van der Waals surface area contributed by atoms with E-state index >= 15 is 0 Å². The number of rotatable bonds is 2. The van der Waals surface area contributed by atoms with Crippen molar-refractivity contribution in [2.45, 2.75) is 19.3 Å². The second-order valence-corrected chi connectivity index (χ2v) is 13.2. The van der Waals surface area contributed by atoms with E-state index in [1.165, 1.54) is 87.6 Å². The molecule has 46 heavy (non-hydrogen) atoms. The van der Waals surface area contributed by atoms with E-state index in [1.54, 1.807) is 0 Å². The summed E-state index contributed by atoms with van der Waals surface area (Å²) in [4.78, 5) is 0. The van der Waals surface area contributed by atoms with Gasteiger partial charge >= 0.3 is 0 Å². The molecule has 216 valence electrons. The molecule has 0 bridgehead atoms. The van der Waals surface area contributed by atoms with Crippen LogP contribution in [-0.4, -0.2) is 0 Å². The number of benzene rings is 8. The summed E-state index contributed by atoms with van der Waals surface area (Å²) in [6.45, 7) is 4.75. The van der Waals surface area contributed by atoms with Crippen LogP contribution in [0.25, 0.3) is 87.6 Å². The maximum Gasteiger partial charge on any atom is 0.136 e. The van der Waals surface area contributed by atoms with Crippen LogP contribution in [0.15, 0.2) is 150 Å². The fourth-order valence-corrected chi connectivity index (χ4v) is 8.28. The molecule has 9 aromatic rings. The molecule has 8 aromatic carbocycles. The number of hydrogen-bond donors (Lipinski definition) is 0. The summed E-state index contributed by atoms with van der Waals surface area (Å²) >= 11 is 0. The highest BCUT2D eigenvalue weighted by Gasteiger charge is 2.37. The third-order valence-electron chi connectivity index (χ3n) is 10.4. The molecule has 1 heterocycles. The van der Waals surface area contributed by atoms with Gasteiger partial charge in [-0.3, -0.25) is 0 Å². The SMILES string of the molecule is CC1(C)c2cc(-c3c4ccccc4c(-c4ccccc4)c4ccccc34)ccc2-c2cc3oc4ccc5ccccc5c4c3cc21. The average Bonchev–Trinajstić information content (AvgIpc) is 3.58. The van der Waals surface area contributed by atoms with Crippen molar-refractivity contribution in [1.82, 2.24) is 0 Å². The Balaban J connectivity index is 1.22. The van der Waals surface area contributed by atoms with Gasteiger partial charge in [-0.2, -0.15) is 0 Å². The highest BCUT2D eigenvalue weighted by Crippen LogP contribution is 2.53. The van der Waals surface area contributed by atoms with Crippen LogP contribution < -0.4 is 0 Å².